The molecule has 0 atom stereocenters. The Morgan fingerprint density at radius 2 is 2.33 bits per heavy atom. The number of anilines is 1. The molecular formula is C12H16N2O3S. The number of aliphatic carboxylic acids is 1. The van der Waals surface area contributed by atoms with Crippen molar-refractivity contribution in [2.75, 3.05) is 11.4 Å². The van der Waals surface area contributed by atoms with E-state index in [9.17, 15) is 9.59 Å². The maximum atomic E-state index is 11.7. The van der Waals surface area contributed by atoms with Gasteiger partial charge in [0.25, 0.3) is 0 Å². The van der Waals surface area contributed by atoms with E-state index in [1.54, 1.807) is 4.90 Å². The molecule has 5 nitrogen and oxygen atoms in total. The number of carboxylic acids is 1. The fourth-order valence-electron chi connectivity index (χ4n) is 1.96. The zero-order valence-corrected chi connectivity index (χ0v) is 10.9. The first-order valence-corrected chi connectivity index (χ1v) is 7.01. The van der Waals surface area contributed by atoms with Gasteiger partial charge in [-0.15, -0.1) is 11.3 Å². The first kappa shape index (κ1) is 13.0. The first-order valence-electron chi connectivity index (χ1n) is 6.13. The monoisotopic (exact) mass is 268 g/mol. The van der Waals surface area contributed by atoms with Gasteiger partial charge in [0.05, 0.1) is 5.69 Å². The van der Waals surface area contributed by atoms with E-state index in [4.69, 9.17) is 5.11 Å². The summed E-state index contributed by atoms with van der Waals surface area (Å²) in [6.45, 7) is 0.751. The molecule has 0 spiro atoms. The van der Waals surface area contributed by atoms with Crippen LogP contribution in [0.4, 0.5) is 5.13 Å². The summed E-state index contributed by atoms with van der Waals surface area (Å²) in [6, 6.07) is 0. The van der Waals surface area contributed by atoms with Crippen LogP contribution in [0.25, 0.3) is 0 Å². The number of carbonyl (C=O) groups excluding carboxylic acids is 1. The van der Waals surface area contributed by atoms with E-state index in [2.05, 4.69) is 4.98 Å². The van der Waals surface area contributed by atoms with Crippen LogP contribution in [0.5, 0.6) is 0 Å². The van der Waals surface area contributed by atoms with E-state index in [-0.39, 0.29) is 12.3 Å². The van der Waals surface area contributed by atoms with Crippen LogP contribution in [0.15, 0.2) is 5.38 Å². The molecule has 2 heterocycles. The number of nitrogens with zero attached hydrogens (tertiary/aromatic N) is 2. The largest absolute Gasteiger partial charge is 0.481 e. The van der Waals surface area contributed by atoms with E-state index in [0.717, 1.165) is 30.2 Å². The standard InChI is InChI=1S/C12H16N2O3S/c15-10-5-1-2-7-14(10)12-13-9(8-18-12)4-3-6-11(16)17/h8H,1-7H2,(H,16,17). The average Bonchev–Trinajstić information content (AvgIpc) is 2.78. The number of piperidine rings is 1. The molecule has 1 saturated heterocycles. The fraction of sp³-hybridized carbons (Fsp3) is 0.583. The number of rotatable bonds is 5. The van der Waals surface area contributed by atoms with Crippen molar-refractivity contribution >= 4 is 28.3 Å². The van der Waals surface area contributed by atoms with Gasteiger partial charge < -0.3 is 5.11 Å². The molecule has 1 amide bonds. The van der Waals surface area contributed by atoms with E-state index in [1.807, 2.05) is 5.38 Å². The van der Waals surface area contributed by atoms with Crippen molar-refractivity contribution in [1.29, 1.82) is 0 Å². The number of hydrogen-bond donors (Lipinski definition) is 1. The highest BCUT2D eigenvalue weighted by Gasteiger charge is 2.21. The summed E-state index contributed by atoms with van der Waals surface area (Å²) in [7, 11) is 0. The number of carboxylic acid groups (broad SMARTS) is 1. The molecule has 6 heteroatoms. The van der Waals surface area contributed by atoms with Gasteiger partial charge in [0.2, 0.25) is 5.91 Å². The minimum absolute atomic E-state index is 0.146. The summed E-state index contributed by atoms with van der Waals surface area (Å²) in [5.74, 6) is -0.635. The van der Waals surface area contributed by atoms with Gasteiger partial charge in [0, 0.05) is 24.8 Å². The molecule has 98 valence electrons. The Morgan fingerprint density at radius 1 is 1.50 bits per heavy atom. The second kappa shape index (κ2) is 5.95. The van der Waals surface area contributed by atoms with Crippen LogP contribution >= 0.6 is 11.3 Å². The highest BCUT2D eigenvalue weighted by molar-refractivity contribution is 7.14. The molecule has 1 fully saturated rings. The second-order valence-corrected chi connectivity index (χ2v) is 5.21. The number of amides is 1. The Balaban J connectivity index is 1.92. The van der Waals surface area contributed by atoms with E-state index < -0.39 is 5.97 Å². The number of hydrogen-bond acceptors (Lipinski definition) is 4. The molecule has 1 aliphatic rings. The average molecular weight is 268 g/mol. The van der Waals surface area contributed by atoms with Crippen molar-refractivity contribution < 1.29 is 14.7 Å². The smallest absolute Gasteiger partial charge is 0.303 e. The van der Waals surface area contributed by atoms with Gasteiger partial charge in [-0.1, -0.05) is 0 Å². The highest BCUT2D eigenvalue weighted by atomic mass is 32.1. The summed E-state index contributed by atoms with van der Waals surface area (Å²) in [4.78, 5) is 28.3. The van der Waals surface area contributed by atoms with E-state index >= 15 is 0 Å². The lowest BCUT2D eigenvalue weighted by Crippen LogP contribution is -2.35. The summed E-state index contributed by atoms with van der Waals surface area (Å²) >= 11 is 1.47. The number of aromatic nitrogens is 1. The molecule has 0 radical (unpaired) electrons. The summed E-state index contributed by atoms with van der Waals surface area (Å²) in [5, 5.41) is 11.2. The molecule has 18 heavy (non-hydrogen) atoms. The van der Waals surface area contributed by atoms with E-state index in [0.29, 0.717) is 19.3 Å². The predicted molar refractivity (Wildman–Crippen MR) is 68.9 cm³/mol. The quantitative estimate of drug-likeness (QED) is 0.887. The van der Waals surface area contributed by atoms with Crippen molar-refractivity contribution in [2.24, 2.45) is 0 Å². The normalized spacial score (nSPS) is 16.0. The summed E-state index contributed by atoms with van der Waals surface area (Å²) in [6.07, 6.45) is 4.01. The van der Waals surface area contributed by atoms with Gasteiger partial charge in [-0.3, -0.25) is 14.5 Å². The first-order chi connectivity index (χ1) is 8.66. The molecular weight excluding hydrogens is 252 g/mol. The van der Waals surface area contributed by atoms with Crippen LogP contribution in [-0.2, 0) is 16.0 Å². The molecule has 1 aromatic rings. The van der Waals surface area contributed by atoms with Gasteiger partial charge in [-0.2, -0.15) is 0 Å². The molecule has 0 saturated carbocycles. The maximum absolute atomic E-state index is 11.7. The molecule has 0 unspecified atom stereocenters. The van der Waals surface area contributed by atoms with E-state index in [1.165, 1.54) is 11.3 Å². The van der Waals surface area contributed by atoms with Crippen molar-refractivity contribution in [3.05, 3.63) is 11.1 Å². The highest BCUT2D eigenvalue weighted by Crippen LogP contribution is 2.25. The van der Waals surface area contributed by atoms with Crippen LogP contribution in [0.1, 0.15) is 37.8 Å². The molecule has 1 aromatic heterocycles. The van der Waals surface area contributed by atoms with Crippen LogP contribution < -0.4 is 4.90 Å². The molecule has 2 rings (SSSR count). The Bertz CT molecular complexity index is 444. The third kappa shape index (κ3) is 3.29. The van der Waals surface area contributed by atoms with Gasteiger partial charge in [0.1, 0.15) is 0 Å². The van der Waals surface area contributed by atoms with Gasteiger partial charge in [0.15, 0.2) is 5.13 Å². The lowest BCUT2D eigenvalue weighted by molar-refractivity contribution is -0.137. The van der Waals surface area contributed by atoms with Crippen molar-refractivity contribution in [2.45, 2.75) is 38.5 Å². The maximum Gasteiger partial charge on any atom is 0.303 e. The van der Waals surface area contributed by atoms with Gasteiger partial charge >= 0.3 is 5.97 Å². The Kier molecular flexibility index (Phi) is 4.30. The van der Waals surface area contributed by atoms with Crippen molar-refractivity contribution in [3.63, 3.8) is 0 Å². The van der Waals surface area contributed by atoms with Crippen LogP contribution in [0.3, 0.4) is 0 Å². The van der Waals surface area contributed by atoms with Crippen molar-refractivity contribution in [1.82, 2.24) is 4.98 Å². The molecule has 0 bridgehead atoms. The molecule has 1 aliphatic heterocycles. The lowest BCUT2D eigenvalue weighted by Gasteiger charge is -2.23. The lowest BCUT2D eigenvalue weighted by atomic mass is 10.1. The van der Waals surface area contributed by atoms with Crippen LogP contribution in [0, 0.1) is 0 Å². The van der Waals surface area contributed by atoms with Crippen LogP contribution in [0.2, 0.25) is 0 Å². The van der Waals surface area contributed by atoms with Gasteiger partial charge in [-0.05, 0) is 25.7 Å². The third-order valence-electron chi connectivity index (χ3n) is 2.92. The minimum Gasteiger partial charge on any atom is -0.481 e. The second-order valence-electron chi connectivity index (χ2n) is 4.37. The SMILES string of the molecule is O=C(O)CCCc1csc(N2CCCCC2=O)n1. The Morgan fingerprint density at radius 3 is 3.06 bits per heavy atom. The third-order valence-corrected chi connectivity index (χ3v) is 3.83. The zero-order valence-electron chi connectivity index (χ0n) is 10.1. The molecule has 0 aliphatic carbocycles. The number of thiazole rings is 1. The molecule has 0 aromatic carbocycles. The Labute approximate surface area is 109 Å². The Hall–Kier alpha value is -1.43. The number of carbonyl (C=O) groups is 2. The topological polar surface area (TPSA) is 70.5 Å². The fourth-order valence-corrected chi connectivity index (χ4v) is 2.87. The zero-order chi connectivity index (χ0) is 13.0. The van der Waals surface area contributed by atoms with Crippen molar-refractivity contribution in [3.8, 4) is 0 Å². The molecule has 1 N–H and O–H groups in total. The predicted octanol–water partition coefficient (Wildman–Crippen LogP) is 2.07. The summed E-state index contributed by atoms with van der Waals surface area (Å²) < 4.78 is 0. The number of aryl methyl sites for hydroxylation is 1. The summed E-state index contributed by atoms with van der Waals surface area (Å²) in [5.41, 5.74) is 0.884. The van der Waals surface area contributed by atoms with Gasteiger partial charge in [-0.25, -0.2) is 4.98 Å². The minimum atomic E-state index is -0.781. The van der Waals surface area contributed by atoms with Crippen LogP contribution in [-0.4, -0.2) is 28.5 Å².